The lowest BCUT2D eigenvalue weighted by Gasteiger charge is -2.06. The van der Waals surface area contributed by atoms with E-state index in [9.17, 15) is 18.0 Å². The summed E-state index contributed by atoms with van der Waals surface area (Å²) in [6, 6.07) is 16.2. The number of aromatic amines is 1. The molecule has 0 radical (unpaired) electrons. The summed E-state index contributed by atoms with van der Waals surface area (Å²) in [6.07, 6.45) is -2.91. The Balaban J connectivity index is 1.48. The molecule has 0 unspecified atom stereocenters. The van der Waals surface area contributed by atoms with Gasteiger partial charge < -0.3 is 5.32 Å². The second-order valence-corrected chi connectivity index (χ2v) is 6.16. The Morgan fingerprint density at radius 1 is 1.11 bits per heavy atom. The van der Waals surface area contributed by atoms with Crippen molar-refractivity contribution in [1.82, 2.24) is 20.0 Å². The van der Waals surface area contributed by atoms with Crippen molar-refractivity contribution in [2.75, 3.05) is 5.32 Å². The van der Waals surface area contributed by atoms with Crippen molar-refractivity contribution in [3.8, 4) is 0 Å². The first kappa shape index (κ1) is 17.8. The third kappa shape index (κ3) is 3.59. The number of nitrogens with zero attached hydrogens (tertiary/aromatic N) is 3. The standard InChI is InChI=1S/C19H14F3N5O/c20-19(21,22)16-10-15(24-25-16)18(28)23-17-8-9-27(26-17)11-13-6-3-5-12-4-1-2-7-14(12)13/h1-10H,11H2,(H,24,25)(H,23,26,28). The van der Waals surface area contributed by atoms with Crippen LogP contribution in [0.15, 0.2) is 60.8 Å². The number of aromatic nitrogens is 4. The van der Waals surface area contributed by atoms with Crippen molar-refractivity contribution < 1.29 is 18.0 Å². The lowest BCUT2D eigenvalue weighted by atomic mass is 10.0. The van der Waals surface area contributed by atoms with Gasteiger partial charge in [0.15, 0.2) is 11.5 Å². The van der Waals surface area contributed by atoms with Crippen LogP contribution in [0.1, 0.15) is 21.7 Å². The first-order valence-electron chi connectivity index (χ1n) is 8.34. The summed E-state index contributed by atoms with van der Waals surface area (Å²) in [5, 5.41) is 14.1. The van der Waals surface area contributed by atoms with E-state index in [1.807, 2.05) is 42.5 Å². The van der Waals surface area contributed by atoms with Crippen molar-refractivity contribution in [2.24, 2.45) is 0 Å². The number of rotatable bonds is 4. The van der Waals surface area contributed by atoms with Crippen LogP contribution >= 0.6 is 0 Å². The van der Waals surface area contributed by atoms with Gasteiger partial charge in [0.05, 0.1) is 6.54 Å². The third-order valence-electron chi connectivity index (χ3n) is 4.21. The van der Waals surface area contributed by atoms with Gasteiger partial charge in [-0.05, 0) is 16.3 Å². The molecule has 6 nitrogen and oxygen atoms in total. The molecular formula is C19H14F3N5O. The molecule has 2 aromatic heterocycles. The third-order valence-corrected chi connectivity index (χ3v) is 4.21. The van der Waals surface area contributed by atoms with Crippen LogP contribution in [0.3, 0.4) is 0 Å². The fraction of sp³-hybridized carbons (Fsp3) is 0.105. The van der Waals surface area contributed by atoms with Gasteiger partial charge in [-0.15, -0.1) is 0 Å². The van der Waals surface area contributed by atoms with Crippen molar-refractivity contribution in [2.45, 2.75) is 12.7 Å². The molecule has 0 saturated carbocycles. The van der Waals surface area contributed by atoms with Crippen LogP contribution < -0.4 is 5.32 Å². The molecule has 9 heteroatoms. The van der Waals surface area contributed by atoms with Crippen LogP contribution in [0.4, 0.5) is 19.0 Å². The zero-order valence-electron chi connectivity index (χ0n) is 14.4. The van der Waals surface area contributed by atoms with E-state index < -0.39 is 17.8 Å². The normalized spacial score (nSPS) is 11.7. The van der Waals surface area contributed by atoms with Crippen molar-refractivity contribution in [1.29, 1.82) is 0 Å². The molecule has 0 spiro atoms. The number of nitrogens with one attached hydrogen (secondary N) is 2. The molecule has 4 rings (SSSR count). The van der Waals surface area contributed by atoms with E-state index in [-0.39, 0.29) is 11.5 Å². The number of anilines is 1. The molecule has 0 bridgehead atoms. The van der Waals surface area contributed by atoms with E-state index >= 15 is 0 Å². The molecule has 2 N–H and O–H groups in total. The Labute approximate surface area is 157 Å². The van der Waals surface area contributed by atoms with Gasteiger partial charge >= 0.3 is 6.18 Å². The second kappa shape index (κ2) is 6.84. The molecule has 1 amide bonds. The SMILES string of the molecule is O=C(Nc1ccn(Cc2cccc3ccccc23)n1)c1cc(C(F)(F)F)[nH]n1. The van der Waals surface area contributed by atoms with Crippen LogP contribution in [0, 0.1) is 0 Å². The van der Waals surface area contributed by atoms with Crippen LogP contribution in [-0.2, 0) is 12.7 Å². The lowest BCUT2D eigenvalue weighted by Crippen LogP contribution is -2.13. The second-order valence-electron chi connectivity index (χ2n) is 6.16. The number of halogens is 3. The monoisotopic (exact) mass is 385 g/mol. The fourth-order valence-corrected chi connectivity index (χ4v) is 2.88. The Morgan fingerprint density at radius 2 is 1.89 bits per heavy atom. The van der Waals surface area contributed by atoms with Crippen LogP contribution in [0.25, 0.3) is 10.8 Å². The van der Waals surface area contributed by atoms with Gasteiger partial charge in [-0.3, -0.25) is 14.6 Å². The number of alkyl halides is 3. The smallest absolute Gasteiger partial charge is 0.304 e. The number of hydrogen-bond acceptors (Lipinski definition) is 3. The highest BCUT2D eigenvalue weighted by atomic mass is 19.4. The Bertz CT molecular complexity index is 1140. The Kier molecular flexibility index (Phi) is 4.34. The minimum absolute atomic E-state index is 0.224. The summed E-state index contributed by atoms with van der Waals surface area (Å²) in [7, 11) is 0. The zero-order chi connectivity index (χ0) is 19.7. The number of carbonyl (C=O) groups excluding carboxylic acids is 1. The number of fused-ring (bicyclic) bond motifs is 1. The average molecular weight is 385 g/mol. The molecule has 0 aliphatic carbocycles. The van der Waals surface area contributed by atoms with Crippen molar-refractivity contribution in [3.63, 3.8) is 0 Å². The van der Waals surface area contributed by atoms with Gasteiger partial charge in [0.2, 0.25) is 0 Å². The quantitative estimate of drug-likeness (QED) is 0.556. The highest BCUT2D eigenvalue weighted by Gasteiger charge is 2.33. The van der Waals surface area contributed by atoms with Gasteiger partial charge in [0.1, 0.15) is 5.69 Å². The van der Waals surface area contributed by atoms with Crippen LogP contribution in [-0.4, -0.2) is 25.9 Å². The van der Waals surface area contributed by atoms with E-state index in [1.165, 1.54) is 0 Å². The van der Waals surface area contributed by atoms with Gasteiger partial charge in [-0.25, -0.2) is 0 Å². The van der Waals surface area contributed by atoms with E-state index in [0.29, 0.717) is 12.6 Å². The minimum atomic E-state index is -4.59. The van der Waals surface area contributed by atoms with E-state index in [4.69, 9.17) is 0 Å². The summed E-state index contributed by atoms with van der Waals surface area (Å²) < 4.78 is 39.4. The number of H-pyrrole nitrogens is 1. The molecule has 0 aliphatic heterocycles. The maximum Gasteiger partial charge on any atom is 0.432 e. The van der Waals surface area contributed by atoms with Gasteiger partial charge in [0.25, 0.3) is 5.91 Å². The molecule has 2 aromatic carbocycles. The highest BCUT2D eigenvalue weighted by molar-refractivity contribution is 6.02. The number of carbonyl (C=O) groups is 1. The number of hydrogen-bond donors (Lipinski definition) is 2. The van der Waals surface area contributed by atoms with Crippen molar-refractivity contribution in [3.05, 3.63) is 77.7 Å². The first-order valence-corrected chi connectivity index (χ1v) is 8.34. The molecule has 28 heavy (non-hydrogen) atoms. The summed E-state index contributed by atoms with van der Waals surface area (Å²) in [5.74, 6) is -0.552. The maximum absolute atomic E-state index is 12.6. The number of benzene rings is 2. The number of amides is 1. The topological polar surface area (TPSA) is 75.6 Å². The lowest BCUT2D eigenvalue weighted by molar-refractivity contribution is -0.141. The highest BCUT2D eigenvalue weighted by Crippen LogP contribution is 2.27. The van der Waals surface area contributed by atoms with E-state index in [0.717, 1.165) is 16.3 Å². The largest absolute Gasteiger partial charge is 0.432 e. The Morgan fingerprint density at radius 3 is 2.68 bits per heavy atom. The molecule has 0 aliphatic rings. The maximum atomic E-state index is 12.6. The van der Waals surface area contributed by atoms with Gasteiger partial charge in [-0.2, -0.15) is 23.4 Å². The summed E-state index contributed by atoms with van der Waals surface area (Å²) in [6.45, 7) is 0.484. The molecular weight excluding hydrogens is 371 g/mol. The van der Waals surface area contributed by atoms with Crippen LogP contribution in [0.2, 0.25) is 0 Å². The first-order chi connectivity index (χ1) is 13.4. The molecule has 142 valence electrons. The van der Waals surface area contributed by atoms with Gasteiger partial charge in [-0.1, -0.05) is 42.5 Å². The molecule has 0 fully saturated rings. The molecule has 0 saturated heterocycles. The minimum Gasteiger partial charge on any atom is -0.304 e. The molecule has 2 heterocycles. The average Bonchev–Trinajstić information content (AvgIpc) is 3.31. The summed E-state index contributed by atoms with van der Waals surface area (Å²) >= 11 is 0. The predicted octanol–water partition coefficient (Wildman–Crippen LogP) is 4.08. The van der Waals surface area contributed by atoms with Crippen molar-refractivity contribution >= 4 is 22.5 Å². The Hall–Kier alpha value is -3.62. The van der Waals surface area contributed by atoms with E-state index in [1.54, 1.807) is 22.0 Å². The van der Waals surface area contributed by atoms with Gasteiger partial charge in [0, 0.05) is 18.3 Å². The summed E-state index contributed by atoms with van der Waals surface area (Å²) in [5.41, 5.74) is -0.392. The molecule has 0 atom stereocenters. The van der Waals surface area contributed by atoms with Crippen LogP contribution in [0.5, 0.6) is 0 Å². The summed E-state index contributed by atoms with van der Waals surface area (Å²) in [4.78, 5) is 12.1. The van der Waals surface area contributed by atoms with E-state index in [2.05, 4.69) is 15.5 Å². The predicted molar refractivity (Wildman–Crippen MR) is 96.8 cm³/mol. The fourth-order valence-electron chi connectivity index (χ4n) is 2.88. The zero-order valence-corrected chi connectivity index (χ0v) is 14.4. The molecule has 4 aromatic rings.